The molecule has 0 atom stereocenters. The predicted octanol–water partition coefficient (Wildman–Crippen LogP) is 3.47. The molecule has 1 rings (SSSR count). The van der Waals surface area contributed by atoms with Gasteiger partial charge in [-0.1, -0.05) is 0 Å². The lowest BCUT2D eigenvalue weighted by molar-refractivity contribution is -0.174. The largest absolute Gasteiger partial charge is 0.435 e. The van der Waals surface area contributed by atoms with E-state index in [2.05, 4.69) is 0 Å². The number of alkyl halides is 9. The molecule has 0 saturated carbocycles. The van der Waals surface area contributed by atoms with E-state index in [0.29, 0.717) is 5.10 Å². The second-order valence-corrected chi connectivity index (χ2v) is 2.82. The molecule has 11 heteroatoms. The monoisotopic (exact) mass is 272 g/mol. The first-order valence-electron chi connectivity index (χ1n) is 3.65. The van der Waals surface area contributed by atoms with Crippen LogP contribution in [0.5, 0.6) is 0 Å². The molecule has 0 aliphatic heterocycles. The zero-order chi connectivity index (χ0) is 13.6. The molecular formula is C6HF9N2. The van der Waals surface area contributed by atoms with E-state index in [4.69, 9.17) is 0 Å². The van der Waals surface area contributed by atoms with Gasteiger partial charge in [0.1, 0.15) is 5.56 Å². The Balaban J connectivity index is 3.53. The van der Waals surface area contributed by atoms with Gasteiger partial charge in [-0.3, -0.25) is 5.10 Å². The van der Waals surface area contributed by atoms with Crippen LogP contribution in [-0.2, 0) is 18.5 Å². The maximum Gasteiger partial charge on any atom is 0.435 e. The van der Waals surface area contributed by atoms with E-state index < -0.39 is 35.5 Å². The standard InChI is InChI=1S/C6HF9N2/c7-4(8,9)1-2(5(10,11)12)16-17-3(1)6(13,14)15/h(H,16,17). The highest BCUT2D eigenvalue weighted by Crippen LogP contribution is 2.45. The smallest absolute Gasteiger partial charge is 0.272 e. The van der Waals surface area contributed by atoms with Crippen molar-refractivity contribution >= 4 is 0 Å². The van der Waals surface area contributed by atoms with Crippen LogP contribution in [0.3, 0.4) is 0 Å². The number of hydrogen-bond donors (Lipinski definition) is 1. The van der Waals surface area contributed by atoms with Crippen molar-refractivity contribution < 1.29 is 39.5 Å². The van der Waals surface area contributed by atoms with Crippen molar-refractivity contribution in [1.82, 2.24) is 10.2 Å². The van der Waals surface area contributed by atoms with Gasteiger partial charge in [0.15, 0.2) is 11.4 Å². The molecule has 0 bridgehead atoms. The van der Waals surface area contributed by atoms with Crippen molar-refractivity contribution in [3.05, 3.63) is 17.0 Å². The van der Waals surface area contributed by atoms with E-state index in [1.54, 1.807) is 0 Å². The maximum atomic E-state index is 12.1. The summed E-state index contributed by atoms with van der Waals surface area (Å²) < 4.78 is 109. The van der Waals surface area contributed by atoms with Gasteiger partial charge in [-0.2, -0.15) is 44.6 Å². The first kappa shape index (κ1) is 13.6. The van der Waals surface area contributed by atoms with E-state index in [-0.39, 0.29) is 0 Å². The number of aromatic amines is 1. The van der Waals surface area contributed by atoms with E-state index >= 15 is 0 Å². The molecule has 0 amide bonds. The molecule has 0 aliphatic rings. The van der Waals surface area contributed by atoms with Gasteiger partial charge >= 0.3 is 18.5 Å². The van der Waals surface area contributed by atoms with Crippen LogP contribution in [-0.4, -0.2) is 10.2 Å². The molecule has 17 heavy (non-hydrogen) atoms. The van der Waals surface area contributed by atoms with E-state index in [1.807, 2.05) is 5.10 Å². The Labute approximate surface area is 86.4 Å². The highest BCUT2D eigenvalue weighted by Gasteiger charge is 2.53. The fourth-order valence-electron chi connectivity index (χ4n) is 1.03. The molecule has 2 nitrogen and oxygen atoms in total. The second kappa shape index (κ2) is 3.53. The molecule has 98 valence electrons. The Hall–Kier alpha value is -1.42. The van der Waals surface area contributed by atoms with Gasteiger partial charge in [0.2, 0.25) is 0 Å². The van der Waals surface area contributed by atoms with Gasteiger partial charge in [0.25, 0.3) is 0 Å². The maximum absolute atomic E-state index is 12.1. The summed E-state index contributed by atoms with van der Waals surface area (Å²) in [5.74, 6) is 0. The number of halogens is 9. The first-order valence-corrected chi connectivity index (χ1v) is 3.65. The van der Waals surface area contributed by atoms with Crippen LogP contribution in [0.1, 0.15) is 17.0 Å². The molecule has 1 aromatic rings. The lowest BCUT2D eigenvalue weighted by atomic mass is 10.1. The number of rotatable bonds is 0. The highest BCUT2D eigenvalue weighted by atomic mass is 19.4. The van der Waals surface area contributed by atoms with Gasteiger partial charge in [0.05, 0.1) is 0 Å². The summed E-state index contributed by atoms with van der Waals surface area (Å²) in [5, 5.41) is 2.74. The van der Waals surface area contributed by atoms with Crippen molar-refractivity contribution in [2.45, 2.75) is 18.5 Å². The summed E-state index contributed by atoms with van der Waals surface area (Å²) in [5.41, 5.74) is -8.08. The van der Waals surface area contributed by atoms with Crippen molar-refractivity contribution in [3.8, 4) is 0 Å². The van der Waals surface area contributed by atoms with Crippen LogP contribution >= 0.6 is 0 Å². The summed E-state index contributed by atoms with van der Waals surface area (Å²) in [6.45, 7) is 0. The molecule has 0 unspecified atom stereocenters. The van der Waals surface area contributed by atoms with E-state index in [1.165, 1.54) is 0 Å². The molecule has 1 N–H and O–H groups in total. The van der Waals surface area contributed by atoms with Crippen molar-refractivity contribution in [2.75, 3.05) is 0 Å². The van der Waals surface area contributed by atoms with Crippen LogP contribution in [0.25, 0.3) is 0 Å². The Kier molecular flexibility index (Phi) is 2.84. The molecule has 0 aromatic carbocycles. The van der Waals surface area contributed by atoms with Crippen LogP contribution in [0.15, 0.2) is 0 Å². The zero-order valence-electron chi connectivity index (χ0n) is 7.35. The van der Waals surface area contributed by atoms with Gasteiger partial charge in [0, 0.05) is 0 Å². The van der Waals surface area contributed by atoms with E-state index in [0.717, 1.165) is 0 Å². The molecule has 0 fully saturated rings. The summed E-state index contributed by atoms with van der Waals surface area (Å²) in [7, 11) is 0. The molecule has 1 heterocycles. The lowest BCUT2D eigenvalue weighted by Crippen LogP contribution is -2.20. The lowest BCUT2D eigenvalue weighted by Gasteiger charge is -2.12. The number of nitrogens with one attached hydrogen (secondary N) is 1. The second-order valence-electron chi connectivity index (χ2n) is 2.82. The summed E-state index contributed by atoms with van der Waals surface area (Å²) in [6, 6.07) is 0. The molecule has 1 aromatic heterocycles. The molecular weight excluding hydrogens is 271 g/mol. The quantitative estimate of drug-likeness (QED) is 0.720. The SMILES string of the molecule is FC(F)(F)c1n[nH]c(C(F)(F)F)c1C(F)(F)F. The van der Waals surface area contributed by atoms with Crippen LogP contribution in [0.2, 0.25) is 0 Å². The summed E-state index contributed by atoms with van der Waals surface area (Å²) >= 11 is 0. The van der Waals surface area contributed by atoms with Crippen LogP contribution < -0.4 is 0 Å². The van der Waals surface area contributed by atoms with Crippen molar-refractivity contribution in [3.63, 3.8) is 0 Å². The molecule has 0 radical (unpaired) electrons. The van der Waals surface area contributed by atoms with Crippen LogP contribution in [0.4, 0.5) is 39.5 Å². The highest BCUT2D eigenvalue weighted by molar-refractivity contribution is 5.32. The molecule has 0 spiro atoms. The van der Waals surface area contributed by atoms with Gasteiger partial charge in [-0.05, 0) is 0 Å². The van der Waals surface area contributed by atoms with Gasteiger partial charge < -0.3 is 0 Å². The van der Waals surface area contributed by atoms with Gasteiger partial charge in [-0.15, -0.1) is 0 Å². The van der Waals surface area contributed by atoms with Gasteiger partial charge in [-0.25, -0.2) is 0 Å². The predicted molar refractivity (Wildman–Crippen MR) is 33.6 cm³/mol. The Morgan fingerprint density at radius 1 is 0.706 bits per heavy atom. The minimum absolute atomic E-state index is 0.712. The fraction of sp³-hybridized carbons (Fsp3) is 0.500. The number of nitrogens with zero attached hydrogens (tertiary/aromatic N) is 1. The topological polar surface area (TPSA) is 28.7 Å². The van der Waals surface area contributed by atoms with E-state index in [9.17, 15) is 39.5 Å². The summed E-state index contributed by atoms with van der Waals surface area (Å²) in [4.78, 5) is 0. The average molecular weight is 272 g/mol. The average Bonchev–Trinajstić information content (AvgIpc) is 2.42. The molecule has 0 saturated heterocycles. The minimum atomic E-state index is -5.82. The molecule has 0 aliphatic carbocycles. The minimum Gasteiger partial charge on any atom is -0.272 e. The van der Waals surface area contributed by atoms with Crippen LogP contribution in [0, 0.1) is 0 Å². The normalized spacial score (nSPS) is 14.2. The summed E-state index contributed by atoms with van der Waals surface area (Å²) in [6.07, 6.45) is -17.1. The third-order valence-electron chi connectivity index (χ3n) is 1.60. The van der Waals surface area contributed by atoms with Crippen molar-refractivity contribution in [1.29, 1.82) is 0 Å². The third-order valence-corrected chi connectivity index (χ3v) is 1.60. The number of aromatic nitrogens is 2. The Morgan fingerprint density at radius 2 is 1.18 bits per heavy atom. The Bertz CT molecular complexity index is 375. The Morgan fingerprint density at radius 3 is 1.47 bits per heavy atom. The third kappa shape index (κ3) is 2.64. The zero-order valence-corrected chi connectivity index (χ0v) is 7.35. The first-order chi connectivity index (χ1) is 7.35. The fourth-order valence-corrected chi connectivity index (χ4v) is 1.03. The number of hydrogen-bond acceptors (Lipinski definition) is 1. The van der Waals surface area contributed by atoms with Crippen molar-refractivity contribution in [2.24, 2.45) is 0 Å². The number of H-pyrrole nitrogens is 1.